The summed E-state index contributed by atoms with van der Waals surface area (Å²) in [5, 5.41) is 2.58. The van der Waals surface area contributed by atoms with Crippen LogP contribution in [-0.4, -0.2) is 4.57 Å². The van der Waals surface area contributed by atoms with E-state index in [1.165, 1.54) is 49.7 Å². The van der Waals surface area contributed by atoms with Gasteiger partial charge >= 0.3 is 0 Å². The molecule has 2 heterocycles. The third kappa shape index (κ3) is 1.75. The quantitative estimate of drug-likeness (QED) is 0.256. The summed E-state index contributed by atoms with van der Waals surface area (Å²) >= 11 is 3.75. The molecule has 6 rings (SSSR count). The van der Waals surface area contributed by atoms with E-state index in [1.54, 1.807) is 0 Å². The predicted octanol–water partition coefficient (Wildman–Crippen LogP) is 7.19. The van der Waals surface area contributed by atoms with Crippen LogP contribution in [0.5, 0.6) is 0 Å². The molecule has 1 aromatic heterocycles. The minimum atomic E-state index is 1.11. The lowest BCUT2D eigenvalue weighted by Crippen LogP contribution is -1.95. The fourth-order valence-electron chi connectivity index (χ4n) is 4.37. The number of hydrogen-bond donors (Lipinski definition) is 0. The zero-order chi connectivity index (χ0) is 17.3. The van der Waals surface area contributed by atoms with Crippen molar-refractivity contribution in [2.24, 2.45) is 0 Å². The standard InChI is InChI=1S/C24H14BrN/c25-15-13-20-17-8-2-1-7-16(17)18-9-3-5-11-22(18)26-23-12-6-4-10-19(23)21(14-15)24(20)26/h1-14H. The molecular weight excluding hydrogens is 382 g/mol. The number of hydrogen-bond acceptors (Lipinski definition) is 0. The van der Waals surface area contributed by atoms with Crippen molar-refractivity contribution in [3.63, 3.8) is 0 Å². The monoisotopic (exact) mass is 395 g/mol. The molecule has 122 valence electrons. The summed E-state index contributed by atoms with van der Waals surface area (Å²) in [5.74, 6) is 0. The van der Waals surface area contributed by atoms with Crippen molar-refractivity contribution in [3.05, 3.63) is 89.4 Å². The van der Waals surface area contributed by atoms with Gasteiger partial charge in [0.1, 0.15) is 0 Å². The minimum Gasteiger partial charge on any atom is -0.308 e. The van der Waals surface area contributed by atoms with Crippen molar-refractivity contribution in [2.75, 3.05) is 0 Å². The largest absolute Gasteiger partial charge is 0.308 e. The molecule has 0 bridgehead atoms. The normalized spacial score (nSPS) is 12.0. The van der Waals surface area contributed by atoms with Crippen LogP contribution in [0.4, 0.5) is 0 Å². The predicted molar refractivity (Wildman–Crippen MR) is 113 cm³/mol. The van der Waals surface area contributed by atoms with Gasteiger partial charge in [0, 0.05) is 26.4 Å². The molecular formula is C24H14BrN. The average Bonchev–Trinajstić information content (AvgIpc) is 2.95. The zero-order valence-corrected chi connectivity index (χ0v) is 15.5. The molecule has 1 nitrogen and oxygen atoms in total. The number of halogens is 1. The van der Waals surface area contributed by atoms with Crippen LogP contribution in [0.25, 0.3) is 49.7 Å². The molecule has 0 amide bonds. The Morgan fingerprint density at radius 1 is 0.577 bits per heavy atom. The van der Waals surface area contributed by atoms with Gasteiger partial charge in [-0.05, 0) is 35.4 Å². The second-order valence-corrected chi connectivity index (χ2v) is 7.68. The highest BCUT2D eigenvalue weighted by Crippen LogP contribution is 2.47. The maximum Gasteiger partial charge on any atom is 0.0620 e. The fourth-order valence-corrected chi connectivity index (χ4v) is 4.82. The van der Waals surface area contributed by atoms with Crippen LogP contribution in [0.3, 0.4) is 0 Å². The van der Waals surface area contributed by atoms with E-state index < -0.39 is 0 Å². The second kappa shape index (κ2) is 5.09. The Morgan fingerprint density at radius 2 is 1.23 bits per heavy atom. The maximum absolute atomic E-state index is 3.75. The van der Waals surface area contributed by atoms with Gasteiger partial charge in [-0.3, -0.25) is 0 Å². The Morgan fingerprint density at radius 3 is 2.08 bits per heavy atom. The minimum absolute atomic E-state index is 1.11. The highest BCUT2D eigenvalue weighted by atomic mass is 79.9. The van der Waals surface area contributed by atoms with Crippen LogP contribution in [0.15, 0.2) is 89.4 Å². The lowest BCUT2D eigenvalue weighted by atomic mass is 9.94. The first-order chi connectivity index (χ1) is 12.8. The van der Waals surface area contributed by atoms with Crippen LogP contribution in [0.1, 0.15) is 0 Å². The molecule has 0 atom stereocenters. The van der Waals surface area contributed by atoms with Crippen LogP contribution in [0.2, 0.25) is 0 Å². The lowest BCUT2D eigenvalue weighted by Gasteiger charge is -2.11. The van der Waals surface area contributed by atoms with Crippen molar-refractivity contribution in [1.82, 2.24) is 4.57 Å². The van der Waals surface area contributed by atoms with Crippen molar-refractivity contribution in [1.29, 1.82) is 0 Å². The molecule has 4 aromatic carbocycles. The Bertz CT molecular complexity index is 1340. The molecule has 5 aromatic rings. The molecule has 1 aliphatic heterocycles. The summed E-state index contributed by atoms with van der Waals surface area (Å²) in [7, 11) is 0. The van der Waals surface area contributed by atoms with E-state index >= 15 is 0 Å². The van der Waals surface area contributed by atoms with Crippen LogP contribution >= 0.6 is 15.9 Å². The Balaban J connectivity index is 1.99. The first-order valence-electron chi connectivity index (χ1n) is 8.75. The summed E-state index contributed by atoms with van der Waals surface area (Å²) in [5.41, 5.74) is 8.90. The van der Waals surface area contributed by atoms with E-state index in [-0.39, 0.29) is 0 Å². The second-order valence-electron chi connectivity index (χ2n) is 6.76. The van der Waals surface area contributed by atoms with E-state index in [0.717, 1.165) is 4.47 Å². The van der Waals surface area contributed by atoms with Crippen LogP contribution in [0, 0.1) is 0 Å². The van der Waals surface area contributed by atoms with E-state index in [1.807, 2.05) is 0 Å². The molecule has 26 heavy (non-hydrogen) atoms. The first-order valence-corrected chi connectivity index (χ1v) is 9.54. The molecule has 0 saturated heterocycles. The number of aromatic nitrogens is 1. The van der Waals surface area contributed by atoms with Gasteiger partial charge in [-0.1, -0.05) is 76.6 Å². The number of rotatable bonds is 0. The SMILES string of the molecule is Brc1cc2c3c(c1)c1ccccc1n3-c1ccccc1-c1ccccc1-2. The van der Waals surface area contributed by atoms with E-state index in [9.17, 15) is 0 Å². The first kappa shape index (κ1) is 14.3. The summed E-state index contributed by atoms with van der Waals surface area (Å²) < 4.78 is 3.55. The van der Waals surface area contributed by atoms with Gasteiger partial charge < -0.3 is 4.57 Å². The van der Waals surface area contributed by atoms with Crippen LogP contribution < -0.4 is 0 Å². The fraction of sp³-hybridized carbons (Fsp3) is 0. The Hall–Kier alpha value is -2.84. The molecule has 0 unspecified atom stereocenters. The molecule has 1 aliphatic rings. The highest BCUT2D eigenvalue weighted by molar-refractivity contribution is 9.10. The summed E-state index contributed by atoms with van der Waals surface area (Å²) in [4.78, 5) is 0. The summed E-state index contributed by atoms with van der Waals surface area (Å²) in [6, 6.07) is 30.6. The van der Waals surface area contributed by atoms with Gasteiger partial charge in [0.15, 0.2) is 0 Å². The molecule has 0 fully saturated rings. The topological polar surface area (TPSA) is 4.93 Å². The van der Waals surface area contributed by atoms with Gasteiger partial charge in [-0.2, -0.15) is 0 Å². The Kier molecular flexibility index (Phi) is 2.81. The van der Waals surface area contributed by atoms with Gasteiger partial charge in [-0.25, -0.2) is 0 Å². The van der Waals surface area contributed by atoms with Crippen molar-refractivity contribution in [3.8, 4) is 27.9 Å². The number of benzene rings is 4. The molecule has 0 radical (unpaired) electrons. The van der Waals surface area contributed by atoms with Gasteiger partial charge in [-0.15, -0.1) is 0 Å². The van der Waals surface area contributed by atoms with Crippen molar-refractivity contribution >= 4 is 37.7 Å². The Labute approximate surface area is 159 Å². The molecule has 0 spiro atoms. The molecule has 0 saturated carbocycles. The van der Waals surface area contributed by atoms with E-state index in [2.05, 4.69) is 105 Å². The van der Waals surface area contributed by atoms with Crippen molar-refractivity contribution in [2.45, 2.75) is 0 Å². The highest BCUT2D eigenvalue weighted by Gasteiger charge is 2.24. The number of fused-ring (bicyclic) bond motifs is 8. The van der Waals surface area contributed by atoms with Gasteiger partial charge in [0.2, 0.25) is 0 Å². The summed E-state index contributed by atoms with van der Waals surface area (Å²) in [6.07, 6.45) is 0. The van der Waals surface area contributed by atoms with Crippen molar-refractivity contribution < 1.29 is 0 Å². The average molecular weight is 396 g/mol. The third-order valence-corrected chi connectivity index (χ3v) is 5.84. The lowest BCUT2D eigenvalue weighted by molar-refractivity contribution is 1.19. The third-order valence-electron chi connectivity index (χ3n) is 5.39. The molecule has 0 N–H and O–H groups in total. The molecule has 0 aliphatic carbocycles. The van der Waals surface area contributed by atoms with Crippen LogP contribution in [-0.2, 0) is 0 Å². The van der Waals surface area contributed by atoms with Gasteiger partial charge in [0.05, 0.1) is 16.7 Å². The maximum atomic E-state index is 3.75. The zero-order valence-electron chi connectivity index (χ0n) is 13.9. The number of nitrogens with zero attached hydrogens (tertiary/aromatic N) is 1. The van der Waals surface area contributed by atoms with E-state index in [0.29, 0.717) is 0 Å². The molecule has 2 heteroatoms. The van der Waals surface area contributed by atoms with Gasteiger partial charge in [0.25, 0.3) is 0 Å². The number of para-hydroxylation sites is 2. The summed E-state index contributed by atoms with van der Waals surface area (Å²) in [6.45, 7) is 0. The smallest absolute Gasteiger partial charge is 0.0620 e. The van der Waals surface area contributed by atoms with E-state index in [4.69, 9.17) is 0 Å².